The maximum Gasteiger partial charge on any atom is 0.221 e. The van der Waals surface area contributed by atoms with Gasteiger partial charge in [0.25, 0.3) is 0 Å². The summed E-state index contributed by atoms with van der Waals surface area (Å²) in [4.78, 5) is 15.7. The molecule has 3 nitrogen and oxygen atoms in total. The molecule has 0 saturated heterocycles. The molecule has 128 valence electrons. The highest BCUT2D eigenvalue weighted by atomic mass is 16.1. The molecule has 1 N–H and O–H groups in total. The van der Waals surface area contributed by atoms with Gasteiger partial charge in [-0.25, -0.2) is 0 Å². The molecule has 3 aromatic rings. The Morgan fingerprint density at radius 1 is 1.00 bits per heavy atom. The van der Waals surface area contributed by atoms with E-state index in [1.165, 1.54) is 34.8 Å². The number of rotatable bonds is 2. The third-order valence-electron chi connectivity index (χ3n) is 4.68. The van der Waals surface area contributed by atoms with Gasteiger partial charge in [-0.1, -0.05) is 36.4 Å². The Bertz CT molecular complexity index is 955. The van der Waals surface area contributed by atoms with Gasteiger partial charge in [0.2, 0.25) is 5.91 Å². The van der Waals surface area contributed by atoms with Crippen molar-refractivity contribution in [1.29, 1.82) is 0 Å². The molecule has 0 spiro atoms. The van der Waals surface area contributed by atoms with E-state index in [9.17, 15) is 4.79 Å². The second-order valence-electron chi connectivity index (χ2n) is 6.55. The minimum absolute atomic E-state index is 0.0639. The van der Waals surface area contributed by atoms with Gasteiger partial charge < -0.3 is 5.32 Å². The Labute approximate surface area is 153 Å². The number of carbonyl (C=O) groups is 1. The molecule has 26 heavy (non-hydrogen) atoms. The summed E-state index contributed by atoms with van der Waals surface area (Å²) in [7, 11) is 0. The summed E-state index contributed by atoms with van der Waals surface area (Å²) in [5.74, 6) is -0.0639. The first-order valence-corrected chi connectivity index (χ1v) is 8.81. The maximum absolute atomic E-state index is 11.4. The van der Waals surface area contributed by atoms with Crippen LogP contribution in [-0.4, -0.2) is 10.9 Å². The van der Waals surface area contributed by atoms with Crippen LogP contribution in [0.1, 0.15) is 34.7 Å². The number of hydrogen-bond acceptors (Lipinski definition) is 2. The maximum atomic E-state index is 11.4. The van der Waals surface area contributed by atoms with Crippen molar-refractivity contribution in [1.82, 2.24) is 4.98 Å². The van der Waals surface area contributed by atoms with Crippen LogP contribution in [-0.2, 0) is 17.6 Å². The fraction of sp³-hybridized carbons (Fsp3) is 0.130. The van der Waals surface area contributed by atoms with Crippen LogP contribution >= 0.6 is 0 Å². The summed E-state index contributed by atoms with van der Waals surface area (Å²) in [5.41, 5.74) is 8.20. The highest BCUT2D eigenvalue weighted by Crippen LogP contribution is 2.34. The van der Waals surface area contributed by atoms with Gasteiger partial charge in [0.05, 0.1) is 0 Å². The van der Waals surface area contributed by atoms with E-state index in [0.717, 1.165) is 24.1 Å². The molecule has 1 amide bonds. The minimum Gasteiger partial charge on any atom is -0.326 e. The van der Waals surface area contributed by atoms with E-state index >= 15 is 0 Å². The second kappa shape index (κ2) is 6.96. The lowest BCUT2D eigenvalue weighted by Gasteiger charge is -2.12. The Morgan fingerprint density at radius 2 is 1.81 bits per heavy atom. The summed E-state index contributed by atoms with van der Waals surface area (Å²) < 4.78 is 0. The lowest BCUT2D eigenvalue weighted by atomic mass is 9.93. The summed E-state index contributed by atoms with van der Waals surface area (Å²) in [6, 6.07) is 18.6. The van der Waals surface area contributed by atoms with Gasteiger partial charge in [-0.3, -0.25) is 9.78 Å². The van der Waals surface area contributed by atoms with Crippen molar-refractivity contribution in [3.05, 3.63) is 94.8 Å². The topological polar surface area (TPSA) is 42.0 Å². The second-order valence-corrected chi connectivity index (χ2v) is 6.55. The SMILES string of the molecule is CC(=O)Nc1cccc(/C=C2/c3ccccc3CCc3cnccc32)c1. The average Bonchev–Trinajstić information content (AvgIpc) is 2.80. The fourth-order valence-electron chi connectivity index (χ4n) is 3.54. The lowest BCUT2D eigenvalue weighted by molar-refractivity contribution is -0.114. The van der Waals surface area contributed by atoms with E-state index in [1.54, 1.807) is 0 Å². The highest BCUT2D eigenvalue weighted by molar-refractivity contribution is 5.95. The summed E-state index contributed by atoms with van der Waals surface area (Å²) in [5, 5.41) is 2.85. The smallest absolute Gasteiger partial charge is 0.221 e. The van der Waals surface area contributed by atoms with Crippen molar-refractivity contribution >= 4 is 23.2 Å². The number of carbonyl (C=O) groups excluding carboxylic acids is 1. The third-order valence-corrected chi connectivity index (χ3v) is 4.68. The molecule has 0 fully saturated rings. The number of aryl methyl sites for hydroxylation is 2. The van der Waals surface area contributed by atoms with Crippen molar-refractivity contribution in [3.63, 3.8) is 0 Å². The zero-order valence-electron chi connectivity index (χ0n) is 14.7. The molecule has 1 aromatic heterocycles. The van der Waals surface area contributed by atoms with Gasteiger partial charge in [-0.05, 0) is 70.5 Å². The molecule has 1 aliphatic carbocycles. The quantitative estimate of drug-likeness (QED) is 0.733. The van der Waals surface area contributed by atoms with Crippen LogP contribution in [0.5, 0.6) is 0 Å². The number of benzene rings is 2. The van der Waals surface area contributed by atoms with Crippen LogP contribution < -0.4 is 5.32 Å². The van der Waals surface area contributed by atoms with Gasteiger partial charge in [0.15, 0.2) is 0 Å². The normalized spacial score (nSPS) is 14.3. The molecule has 0 bridgehead atoms. The molecule has 0 atom stereocenters. The number of amides is 1. The molecule has 0 unspecified atom stereocenters. The predicted octanol–water partition coefficient (Wildman–Crippen LogP) is 4.73. The van der Waals surface area contributed by atoms with Crippen LogP contribution in [0.25, 0.3) is 11.6 Å². The molecule has 4 rings (SSSR count). The minimum atomic E-state index is -0.0639. The van der Waals surface area contributed by atoms with Crippen molar-refractivity contribution in [3.8, 4) is 0 Å². The van der Waals surface area contributed by atoms with E-state index in [2.05, 4.69) is 52.8 Å². The van der Waals surface area contributed by atoms with Crippen molar-refractivity contribution in [2.24, 2.45) is 0 Å². The fourth-order valence-corrected chi connectivity index (χ4v) is 3.54. The number of fused-ring (bicyclic) bond motifs is 2. The molecule has 0 aliphatic heterocycles. The summed E-state index contributed by atoms with van der Waals surface area (Å²) >= 11 is 0. The van der Waals surface area contributed by atoms with Gasteiger partial charge in [-0.2, -0.15) is 0 Å². The number of hydrogen-bond donors (Lipinski definition) is 1. The Morgan fingerprint density at radius 3 is 2.69 bits per heavy atom. The van der Waals surface area contributed by atoms with Gasteiger partial charge in [0.1, 0.15) is 0 Å². The highest BCUT2D eigenvalue weighted by Gasteiger charge is 2.17. The zero-order chi connectivity index (χ0) is 17.9. The van der Waals surface area contributed by atoms with Crippen LogP contribution in [0.15, 0.2) is 67.0 Å². The number of nitrogens with one attached hydrogen (secondary N) is 1. The number of aromatic nitrogens is 1. The first kappa shape index (κ1) is 16.3. The van der Waals surface area contributed by atoms with Crippen molar-refractivity contribution in [2.75, 3.05) is 5.32 Å². The molecular weight excluding hydrogens is 320 g/mol. The lowest BCUT2D eigenvalue weighted by Crippen LogP contribution is -2.05. The van der Waals surface area contributed by atoms with Crippen molar-refractivity contribution < 1.29 is 4.79 Å². The number of pyridine rings is 1. The summed E-state index contributed by atoms with van der Waals surface area (Å²) in [6.45, 7) is 1.52. The molecule has 2 aromatic carbocycles. The van der Waals surface area contributed by atoms with Crippen LogP contribution in [0.3, 0.4) is 0 Å². The molecule has 1 aliphatic rings. The zero-order valence-corrected chi connectivity index (χ0v) is 14.7. The molecule has 0 radical (unpaired) electrons. The number of nitrogens with zero attached hydrogens (tertiary/aromatic N) is 1. The van der Waals surface area contributed by atoms with E-state index in [1.807, 2.05) is 30.6 Å². The largest absolute Gasteiger partial charge is 0.326 e. The van der Waals surface area contributed by atoms with E-state index in [4.69, 9.17) is 0 Å². The van der Waals surface area contributed by atoms with Crippen LogP contribution in [0, 0.1) is 0 Å². The average molecular weight is 340 g/mol. The first-order valence-electron chi connectivity index (χ1n) is 8.81. The van der Waals surface area contributed by atoms with E-state index in [0.29, 0.717) is 0 Å². The molecule has 3 heteroatoms. The first-order chi connectivity index (χ1) is 12.7. The van der Waals surface area contributed by atoms with E-state index in [-0.39, 0.29) is 5.91 Å². The monoisotopic (exact) mass is 340 g/mol. The summed E-state index contributed by atoms with van der Waals surface area (Å²) in [6.07, 6.45) is 8.03. The van der Waals surface area contributed by atoms with Crippen LogP contribution in [0.2, 0.25) is 0 Å². The molecular formula is C23H20N2O. The van der Waals surface area contributed by atoms with Crippen LogP contribution in [0.4, 0.5) is 5.69 Å². The Hall–Kier alpha value is -3.20. The van der Waals surface area contributed by atoms with Gasteiger partial charge in [0, 0.05) is 25.0 Å². The van der Waals surface area contributed by atoms with Gasteiger partial charge >= 0.3 is 0 Å². The molecule has 0 saturated carbocycles. The van der Waals surface area contributed by atoms with Crippen molar-refractivity contribution in [2.45, 2.75) is 19.8 Å². The van der Waals surface area contributed by atoms with E-state index < -0.39 is 0 Å². The Kier molecular flexibility index (Phi) is 4.36. The standard InChI is InChI=1S/C23H20N2O/c1-16(26)25-20-7-4-5-17(13-20)14-23-21-8-3-2-6-18(21)9-10-19-15-24-12-11-22(19)23/h2-8,11-15H,9-10H2,1H3,(H,25,26)/b23-14-. The van der Waals surface area contributed by atoms with Gasteiger partial charge in [-0.15, -0.1) is 0 Å². The molecule has 1 heterocycles. The number of anilines is 1. The predicted molar refractivity (Wildman–Crippen MR) is 106 cm³/mol. The Balaban J connectivity index is 1.87. The third kappa shape index (κ3) is 3.29.